The van der Waals surface area contributed by atoms with Crippen molar-refractivity contribution in [1.82, 2.24) is 0 Å². The Bertz CT molecular complexity index is 323. The van der Waals surface area contributed by atoms with Crippen LogP contribution in [0, 0.1) is 0 Å². The fourth-order valence-electron chi connectivity index (χ4n) is 0.794. The summed E-state index contributed by atoms with van der Waals surface area (Å²) >= 11 is 0. The third-order valence-electron chi connectivity index (χ3n) is 1.20. The number of rotatable bonds is 2. The van der Waals surface area contributed by atoms with Gasteiger partial charge in [-0.25, -0.2) is 8.42 Å². The molecule has 0 atom stereocenters. The Kier molecular flexibility index (Phi) is 5.04. The zero-order valence-electron chi connectivity index (χ0n) is 6.82. The third kappa shape index (κ3) is 4.90. The number of nitrogens with one attached hydrogen (secondary N) is 1. The summed E-state index contributed by atoms with van der Waals surface area (Å²) in [6.45, 7) is 0. The summed E-state index contributed by atoms with van der Waals surface area (Å²) in [4.78, 5) is 0. The molecule has 1 aromatic rings. The van der Waals surface area contributed by atoms with E-state index in [2.05, 4.69) is 0 Å². The molecular weight excluding hydrogens is 185 g/mol. The Morgan fingerprint density at radius 1 is 1.17 bits per heavy atom. The topological polar surface area (TPSA) is 57.9 Å². The van der Waals surface area contributed by atoms with Crippen molar-refractivity contribution in [2.24, 2.45) is 0 Å². The van der Waals surface area contributed by atoms with Gasteiger partial charge in [-0.3, -0.25) is 0 Å². The summed E-state index contributed by atoms with van der Waals surface area (Å²) < 4.78 is 20.9. The quantitative estimate of drug-likeness (QED) is 0.541. The van der Waals surface area contributed by atoms with Crippen LogP contribution in [0.25, 0.3) is 5.14 Å². The number of benzene rings is 1. The van der Waals surface area contributed by atoms with Crippen molar-refractivity contribution >= 4 is 10.0 Å². The second-order valence-corrected chi connectivity index (χ2v) is 3.76. The van der Waals surface area contributed by atoms with Crippen LogP contribution in [-0.2, 0) is 15.8 Å². The van der Waals surface area contributed by atoms with E-state index in [1.165, 1.54) is 0 Å². The Morgan fingerprint density at radius 3 is 2.08 bits per heavy atom. The molecule has 12 heavy (non-hydrogen) atoms. The molecule has 0 aromatic heterocycles. The van der Waals surface area contributed by atoms with Crippen LogP contribution in [0.15, 0.2) is 30.3 Å². The predicted molar refractivity (Wildman–Crippen MR) is 43.4 cm³/mol. The minimum absolute atomic E-state index is 0. The van der Waals surface area contributed by atoms with Gasteiger partial charge in [0.05, 0.1) is 15.8 Å². The van der Waals surface area contributed by atoms with Gasteiger partial charge in [0.25, 0.3) is 0 Å². The molecule has 0 radical (unpaired) electrons. The molecule has 3 nitrogen and oxygen atoms in total. The third-order valence-corrected chi connectivity index (χ3v) is 1.91. The van der Waals surface area contributed by atoms with Gasteiger partial charge in [-0.2, -0.15) is 0 Å². The van der Waals surface area contributed by atoms with Gasteiger partial charge in [0, 0.05) is 0 Å². The first-order chi connectivity index (χ1) is 5.08. The molecule has 1 aromatic carbocycles. The second kappa shape index (κ2) is 4.99. The standard InChI is InChI=1S/C7H8NO2S.Na/c8-11(9,10)6-7-4-2-1-3-5-7;/h1-5H,6H2,(H-,8,9,10);/q-1;+1. The van der Waals surface area contributed by atoms with Gasteiger partial charge in [-0.1, -0.05) is 30.3 Å². The zero-order chi connectivity index (χ0) is 8.32. The van der Waals surface area contributed by atoms with Crippen molar-refractivity contribution < 1.29 is 38.0 Å². The molecule has 0 heterocycles. The zero-order valence-corrected chi connectivity index (χ0v) is 9.64. The molecule has 0 unspecified atom stereocenters. The van der Waals surface area contributed by atoms with Crippen molar-refractivity contribution in [2.75, 3.05) is 0 Å². The van der Waals surface area contributed by atoms with E-state index in [1.807, 2.05) is 0 Å². The molecule has 0 bridgehead atoms. The molecule has 1 rings (SSSR count). The minimum Gasteiger partial charge on any atom is -0.564 e. The smallest absolute Gasteiger partial charge is 0.564 e. The number of sulfonamides is 1. The van der Waals surface area contributed by atoms with Crippen molar-refractivity contribution in [3.63, 3.8) is 0 Å². The van der Waals surface area contributed by atoms with Gasteiger partial charge in [-0.15, -0.1) is 0 Å². The summed E-state index contributed by atoms with van der Waals surface area (Å²) in [5, 5.41) is 6.64. The van der Waals surface area contributed by atoms with Crippen LogP contribution in [0.1, 0.15) is 5.56 Å². The van der Waals surface area contributed by atoms with Crippen LogP contribution in [0.3, 0.4) is 0 Å². The van der Waals surface area contributed by atoms with Gasteiger partial charge in [0.2, 0.25) is 0 Å². The van der Waals surface area contributed by atoms with E-state index < -0.39 is 10.0 Å². The van der Waals surface area contributed by atoms with Crippen molar-refractivity contribution in [2.45, 2.75) is 5.75 Å². The summed E-state index contributed by atoms with van der Waals surface area (Å²) in [6, 6.07) is 8.68. The van der Waals surface area contributed by atoms with E-state index in [0.717, 1.165) is 0 Å². The van der Waals surface area contributed by atoms with E-state index >= 15 is 0 Å². The van der Waals surface area contributed by atoms with Crippen LogP contribution >= 0.6 is 0 Å². The predicted octanol–water partition coefficient (Wildman–Crippen LogP) is -1.43. The van der Waals surface area contributed by atoms with Crippen LogP contribution in [0.5, 0.6) is 0 Å². The normalized spacial score (nSPS) is 10.4. The SMILES string of the molecule is [NH-]S(=O)(=O)Cc1ccccc1.[Na+]. The number of hydrogen-bond donors (Lipinski definition) is 0. The maximum absolute atomic E-state index is 10.5. The Balaban J connectivity index is 0.00000121. The van der Waals surface area contributed by atoms with E-state index in [0.29, 0.717) is 5.56 Å². The van der Waals surface area contributed by atoms with Gasteiger partial charge >= 0.3 is 29.6 Å². The molecule has 60 valence electrons. The molecule has 0 spiro atoms. The fraction of sp³-hybridized carbons (Fsp3) is 0.143. The maximum atomic E-state index is 10.5. The minimum atomic E-state index is -3.63. The van der Waals surface area contributed by atoms with Gasteiger partial charge in [0.1, 0.15) is 0 Å². The van der Waals surface area contributed by atoms with Crippen molar-refractivity contribution in [3.8, 4) is 0 Å². The monoisotopic (exact) mass is 193 g/mol. The van der Waals surface area contributed by atoms with E-state index in [9.17, 15) is 8.42 Å². The molecular formula is C7H8NNaO2S. The first-order valence-electron chi connectivity index (χ1n) is 3.09. The van der Waals surface area contributed by atoms with Crippen molar-refractivity contribution in [3.05, 3.63) is 41.0 Å². The largest absolute Gasteiger partial charge is 1.00 e. The Morgan fingerprint density at radius 2 is 1.67 bits per heavy atom. The van der Waals surface area contributed by atoms with E-state index in [4.69, 9.17) is 5.14 Å². The summed E-state index contributed by atoms with van der Waals surface area (Å²) in [7, 11) is -3.63. The fourth-order valence-corrected chi connectivity index (χ4v) is 1.42. The van der Waals surface area contributed by atoms with Crippen LogP contribution < -0.4 is 29.6 Å². The molecule has 0 aliphatic heterocycles. The Labute approximate surface area is 94.3 Å². The molecule has 0 fully saturated rings. The summed E-state index contributed by atoms with van der Waals surface area (Å²) in [6.07, 6.45) is 0. The van der Waals surface area contributed by atoms with Gasteiger partial charge in [-0.05, 0) is 5.56 Å². The Hall–Kier alpha value is 0.130. The molecule has 0 amide bonds. The van der Waals surface area contributed by atoms with Crippen LogP contribution in [0.4, 0.5) is 0 Å². The van der Waals surface area contributed by atoms with Crippen LogP contribution in [0.2, 0.25) is 0 Å². The van der Waals surface area contributed by atoms with Crippen molar-refractivity contribution in [1.29, 1.82) is 0 Å². The van der Waals surface area contributed by atoms with Gasteiger partial charge in [0.15, 0.2) is 0 Å². The number of hydrogen-bond acceptors (Lipinski definition) is 2. The molecule has 0 aliphatic carbocycles. The molecule has 0 aliphatic rings. The van der Waals surface area contributed by atoms with Crippen LogP contribution in [-0.4, -0.2) is 8.42 Å². The first kappa shape index (κ1) is 12.1. The first-order valence-corrected chi connectivity index (χ1v) is 4.74. The summed E-state index contributed by atoms with van der Waals surface area (Å²) in [5.74, 6) is -0.201. The van der Waals surface area contributed by atoms with E-state index in [1.54, 1.807) is 30.3 Å². The van der Waals surface area contributed by atoms with Gasteiger partial charge < -0.3 is 5.14 Å². The maximum Gasteiger partial charge on any atom is 1.00 e. The average molecular weight is 193 g/mol. The molecule has 0 saturated carbocycles. The molecule has 0 saturated heterocycles. The molecule has 5 heteroatoms. The van der Waals surface area contributed by atoms with E-state index in [-0.39, 0.29) is 35.3 Å². The molecule has 1 N–H and O–H groups in total. The summed E-state index contributed by atoms with van der Waals surface area (Å²) in [5.41, 5.74) is 0.655. The average Bonchev–Trinajstić information content (AvgIpc) is 1.85. The second-order valence-electron chi connectivity index (χ2n) is 2.24.